The fraction of sp³-hybridized carbons (Fsp3) is 0.370. The van der Waals surface area contributed by atoms with E-state index < -0.39 is 5.69 Å². The van der Waals surface area contributed by atoms with Crippen LogP contribution in [0.3, 0.4) is 0 Å². The molecule has 0 unspecified atom stereocenters. The first kappa shape index (κ1) is 23.7. The van der Waals surface area contributed by atoms with E-state index in [1.165, 1.54) is 22.4 Å². The van der Waals surface area contributed by atoms with E-state index in [-0.39, 0.29) is 35.6 Å². The van der Waals surface area contributed by atoms with E-state index in [0.717, 1.165) is 41.5 Å². The van der Waals surface area contributed by atoms with Crippen molar-refractivity contribution in [1.29, 1.82) is 0 Å². The molecule has 2 aromatic heterocycles. The van der Waals surface area contributed by atoms with Crippen LogP contribution in [0.15, 0.2) is 46.0 Å². The van der Waals surface area contributed by atoms with Crippen LogP contribution in [-0.2, 0) is 13.6 Å². The average molecular weight is 488 g/mol. The van der Waals surface area contributed by atoms with Crippen molar-refractivity contribution in [3.8, 4) is 0 Å². The second-order valence-corrected chi connectivity index (χ2v) is 9.72. The summed E-state index contributed by atoms with van der Waals surface area (Å²) in [7, 11) is 1.53. The first-order valence-corrected chi connectivity index (χ1v) is 12.3. The van der Waals surface area contributed by atoms with Crippen LogP contribution in [0.2, 0.25) is 0 Å². The summed E-state index contributed by atoms with van der Waals surface area (Å²) in [4.78, 5) is 52.4. The fourth-order valence-corrected chi connectivity index (χ4v) is 5.10. The lowest BCUT2D eigenvalue weighted by molar-refractivity contribution is 0.0926. The molecule has 1 aliphatic carbocycles. The number of carbonyl (C=O) groups excluding carboxylic acids is 2. The molecule has 5 rings (SSSR count). The number of nitrogens with zero attached hydrogens (tertiary/aromatic N) is 4. The molecule has 1 amide bonds. The Morgan fingerprint density at radius 2 is 1.78 bits per heavy atom. The number of aromatic nitrogens is 4. The largest absolute Gasteiger partial charge is 0.352 e. The van der Waals surface area contributed by atoms with Gasteiger partial charge in [-0.25, -0.2) is 13.9 Å². The molecule has 0 spiro atoms. The van der Waals surface area contributed by atoms with Crippen molar-refractivity contribution in [2.24, 2.45) is 7.05 Å². The normalized spacial score (nSPS) is 14.4. The molecule has 4 aromatic rings. The number of rotatable bonds is 5. The number of carbonyl (C=O) groups is 2. The molecule has 9 nitrogen and oxygen atoms in total. The molecule has 36 heavy (non-hydrogen) atoms. The van der Waals surface area contributed by atoms with E-state index in [9.17, 15) is 19.2 Å². The van der Waals surface area contributed by atoms with Gasteiger partial charge in [0.15, 0.2) is 5.78 Å². The molecule has 0 bridgehead atoms. The van der Waals surface area contributed by atoms with Gasteiger partial charge < -0.3 is 5.32 Å². The maximum Gasteiger partial charge on any atom is 0.352 e. The van der Waals surface area contributed by atoms with Gasteiger partial charge in [0.1, 0.15) is 6.54 Å². The van der Waals surface area contributed by atoms with Crippen molar-refractivity contribution in [2.75, 3.05) is 0 Å². The number of fused-ring (bicyclic) bond motifs is 3. The number of aryl methyl sites for hydroxylation is 3. The Morgan fingerprint density at radius 1 is 1.03 bits per heavy atom. The molecule has 2 heterocycles. The van der Waals surface area contributed by atoms with Crippen LogP contribution < -0.4 is 16.6 Å². The molecule has 0 aliphatic heterocycles. The highest BCUT2D eigenvalue weighted by Gasteiger charge is 2.21. The first-order valence-electron chi connectivity index (χ1n) is 12.3. The molecular formula is C27H29N5O4. The van der Waals surface area contributed by atoms with Gasteiger partial charge in [-0.3, -0.25) is 19.0 Å². The van der Waals surface area contributed by atoms with Crippen molar-refractivity contribution in [2.45, 2.75) is 58.5 Å². The second kappa shape index (κ2) is 9.22. The molecule has 1 N–H and O–H groups in total. The minimum atomic E-state index is -0.548. The molecule has 9 heteroatoms. The third-order valence-corrected chi connectivity index (χ3v) is 7.07. The van der Waals surface area contributed by atoms with Gasteiger partial charge in [-0.2, -0.15) is 0 Å². The summed E-state index contributed by atoms with van der Waals surface area (Å²) in [5.41, 5.74) is 2.16. The lowest BCUT2D eigenvalue weighted by Gasteiger charge is -2.22. The standard InChI is InChI=1S/C27H29N5O4/c1-16-9-11-20(17(2)13-16)23(33)15-31-27(36)32-22-14-18(24(34)28-19-7-5-4-6-8-19)10-12-21(22)25(35)30(3)26(32)29-31/h9-14,19H,4-8,15H2,1-3H3,(H,28,34). The molecule has 0 radical (unpaired) electrons. The summed E-state index contributed by atoms with van der Waals surface area (Å²) in [6.07, 6.45) is 5.27. The zero-order chi connectivity index (χ0) is 25.6. The minimum absolute atomic E-state index is 0.107. The summed E-state index contributed by atoms with van der Waals surface area (Å²) < 4.78 is 3.65. The van der Waals surface area contributed by atoms with Gasteiger partial charge in [0, 0.05) is 24.2 Å². The van der Waals surface area contributed by atoms with Crippen LogP contribution in [0.1, 0.15) is 63.9 Å². The summed E-state index contributed by atoms with van der Waals surface area (Å²) in [5, 5.41) is 7.68. The van der Waals surface area contributed by atoms with Gasteiger partial charge >= 0.3 is 5.69 Å². The van der Waals surface area contributed by atoms with Crippen LogP contribution in [0, 0.1) is 13.8 Å². The quantitative estimate of drug-likeness (QED) is 0.436. The number of hydrogen-bond acceptors (Lipinski definition) is 5. The first-order chi connectivity index (χ1) is 17.2. The lowest BCUT2D eigenvalue weighted by Crippen LogP contribution is -2.36. The highest BCUT2D eigenvalue weighted by Crippen LogP contribution is 2.19. The number of hydrogen-bond donors (Lipinski definition) is 1. The van der Waals surface area contributed by atoms with Crippen molar-refractivity contribution in [3.63, 3.8) is 0 Å². The monoisotopic (exact) mass is 487 g/mol. The summed E-state index contributed by atoms with van der Waals surface area (Å²) in [5.74, 6) is -0.376. The highest BCUT2D eigenvalue weighted by atomic mass is 16.2. The van der Waals surface area contributed by atoms with E-state index in [4.69, 9.17) is 0 Å². The number of benzene rings is 2. The molecule has 186 valence electrons. The maximum atomic E-state index is 13.4. The Hall–Kier alpha value is -4.01. The Labute approximate surface area is 207 Å². The molecule has 1 aliphatic rings. The van der Waals surface area contributed by atoms with Crippen LogP contribution >= 0.6 is 0 Å². The van der Waals surface area contributed by atoms with Crippen LogP contribution in [0.5, 0.6) is 0 Å². The van der Waals surface area contributed by atoms with E-state index in [1.54, 1.807) is 24.3 Å². The summed E-state index contributed by atoms with van der Waals surface area (Å²) in [6.45, 7) is 3.54. The van der Waals surface area contributed by atoms with E-state index >= 15 is 0 Å². The van der Waals surface area contributed by atoms with Crippen molar-refractivity contribution < 1.29 is 9.59 Å². The van der Waals surface area contributed by atoms with Crippen molar-refractivity contribution >= 4 is 28.4 Å². The van der Waals surface area contributed by atoms with E-state index in [1.807, 2.05) is 26.0 Å². The predicted octanol–water partition coefficient (Wildman–Crippen LogP) is 2.91. The second-order valence-electron chi connectivity index (χ2n) is 9.72. The number of ketones is 1. The maximum absolute atomic E-state index is 13.4. The van der Waals surface area contributed by atoms with Crippen LogP contribution in [0.4, 0.5) is 0 Å². The van der Waals surface area contributed by atoms with Gasteiger partial charge in [0.2, 0.25) is 5.78 Å². The van der Waals surface area contributed by atoms with Crippen LogP contribution in [0.25, 0.3) is 16.7 Å². The zero-order valence-corrected chi connectivity index (χ0v) is 20.7. The number of Topliss-reactive ketones (excluding diaryl/α,β-unsaturated/α-hetero) is 1. The predicted molar refractivity (Wildman–Crippen MR) is 137 cm³/mol. The molecule has 0 saturated heterocycles. The SMILES string of the molecule is Cc1ccc(C(=O)Cn2nc3n(C)c(=O)c4ccc(C(=O)NC5CCCCC5)cc4n3c2=O)c(C)c1. The van der Waals surface area contributed by atoms with Gasteiger partial charge in [-0.15, -0.1) is 5.10 Å². The Bertz CT molecular complexity index is 1640. The summed E-state index contributed by atoms with van der Waals surface area (Å²) >= 11 is 0. The lowest BCUT2D eigenvalue weighted by atomic mass is 9.95. The number of nitrogens with one attached hydrogen (secondary N) is 1. The molecule has 1 saturated carbocycles. The average Bonchev–Trinajstić information content (AvgIpc) is 3.18. The smallest absolute Gasteiger partial charge is 0.349 e. The Balaban J connectivity index is 1.57. The van der Waals surface area contributed by atoms with Crippen LogP contribution in [-0.4, -0.2) is 36.5 Å². The van der Waals surface area contributed by atoms with E-state index in [2.05, 4.69) is 10.4 Å². The summed E-state index contributed by atoms with van der Waals surface area (Å²) in [6, 6.07) is 10.4. The number of amides is 1. The topological polar surface area (TPSA) is 107 Å². The van der Waals surface area contributed by atoms with Crippen molar-refractivity contribution in [3.05, 3.63) is 79.5 Å². The molecular weight excluding hydrogens is 458 g/mol. The third-order valence-electron chi connectivity index (χ3n) is 7.07. The van der Waals surface area contributed by atoms with Crippen molar-refractivity contribution in [1.82, 2.24) is 24.1 Å². The van der Waals surface area contributed by atoms with Gasteiger partial charge in [-0.05, 0) is 50.5 Å². The van der Waals surface area contributed by atoms with E-state index in [0.29, 0.717) is 22.0 Å². The zero-order valence-electron chi connectivity index (χ0n) is 20.7. The molecule has 0 atom stereocenters. The minimum Gasteiger partial charge on any atom is -0.349 e. The Kier molecular flexibility index (Phi) is 6.07. The molecule has 2 aromatic carbocycles. The fourth-order valence-electron chi connectivity index (χ4n) is 5.10. The Morgan fingerprint density at radius 3 is 2.50 bits per heavy atom. The van der Waals surface area contributed by atoms with Gasteiger partial charge in [0.05, 0.1) is 10.9 Å². The van der Waals surface area contributed by atoms with Gasteiger partial charge in [0.25, 0.3) is 11.5 Å². The van der Waals surface area contributed by atoms with Gasteiger partial charge in [-0.1, -0.05) is 43.0 Å². The molecule has 1 fully saturated rings. The third kappa shape index (κ3) is 4.14. The highest BCUT2D eigenvalue weighted by molar-refractivity contribution is 5.98.